The van der Waals surface area contributed by atoms with Gasteiger partial charge in [-0.1, -0.05) is 0 Å². The molecule has 23 heavy (non-hydrogen) atoms. The Morgan fingerprint density at radius 2 is 1.87 bits per heavy atom. The maximum Gasteiger partial charge on any atom is 0.223 e. The van der Waals surface area contributed by atoms with Crippen LogP contribution >= 0.6 is 0 Å². The fourth-order valence-electron chi connectivity index (χ4n) is 3.71. The maximum atomic E-state index is 14.4. The van der Waals surface area contributed by atoms with Crippen molar-refractivity contribution in [2.45, 2.75) is 37.8 Å². The Bertz CT molecular complexity index is 586. The van der Waals surface area contributed by atoms with Crippen LogP contribution in [0.3, 0.4) is 0 Å². The lowest BCUT2D eigenvalue weighted by Gasteiger charge is -2.43. The van der Waals surface area contributed by atoms with Crippen molar-refractivity contribution in [2.24, 2.45) is 5.92 Å². The van der Waals surface area contributed by atoms with Crippen molar-refractivity contribution in [3.8, 4) is 0 Å². The van der Waals surface area contributed by atoms with E-state index in [1.807, 2.05) is 0 Å². The monoisotopic (exact) mass is 324 g/mol. The van der Waals surface area contributed by atoms with E-state index in [9.17, 15) is 18.7 Å². The normalized spacial score (nSPS) is 27.7. The fraction of sp³-hybridized carbons (Fsp3) is 0.588. The summed E-state index contributed by atoms with van der Waals surface area (Å²) in [6.07, 6.45) is 2.32. The molecular weight excluding hydrogens is 302 g/mol. The molecule has 2 fully saturated rings. The minimum Gasteiger partial charge on any atom is -0.385 e. The lowest BCUT2D eigenvalue weighted by atomic mass is 9.66. The van der Waals surface area contributed by atoms with E-state index < -0.39 is 23.2 Å². The Kier molecular flexibility index (Phi) is 4.38. The molecule has 4 nitrogen and oxygen atoms in total. The van der Waals surface area contributed by atoms with Gasteiger partial charge in [0.2, 0.25) is 5.91 Å². The first-order chi connectivity index (χ1) is 10.9. The van der Waals surface area contributed by atoms with Gasteiger partial charge in [-0.3, -0.25) is 9.69 Å². The number of benzene rings is 1. The minimum absolute atomic E-state index is 0.0476. The predicted molar refractivity (Wildman–Crippen MR) is 81.6 cm³/mol. The standard InChI is InChI=1S/C17H22F2N2O2/c1-20-16(22)12-8-17(23,9-12)15-13(18)6-11(7-14(15)19)10-21-4-2-3-5-21/h6-7,12,23H,2-5,8-10H2,1H3,(H,20,22). The van der Waals surface area contributed by atoms with Crippen molar-refractivity contribution in [3.05, 3.63) is 34.9 Å². The second-order valence-electron chi connectivity index (χ2n) is 6.67. The molecule has 1 aromatic rings. The van der Waals surface area contributed by atoms with E-state index in [1.54, 1.807) is 0 Å². The summed E-state index contributed by atoms with van der Waals surface area (Å²) >= 11 is 0. The van der Waals surface area contributed by atoms with Crippen molar-refractivity contribution in [3.63, 3.8) is 0 Å². The van der Waals surface area contributed by atoms with Crippen molar-refractivity contribution in [2.75, 3.05) is 20.1 Å². The molecule has 1 amide bonds. The summed E-state index contributed by atoms with van der Waals surface area (Å²) in [6, 6.07) is 2.61. The van der Waals surface area contributed by atoms with Gasteiger partial charge in [-0.25, -0.2) is 8.78 Å². The van der Waals surface area contributed by atoms with E-state index in [0.717, 1.165) is 25.9 Å². The summed E-state index contributed by atoms with van der Waals surface area (Å²) in [7, 11) is 1.51. The van der Waals surface area contributed by atoms with Crippen LogP contribution in [0.15, 0.2) is 12.1 Å². The first kappa shape index (κ1) is 16.3. The summed E-state index contributed by atoms with van der Waals surface area (Å²) in [5, 5.41) is 13.0. The van der Waals surface area contributed by atoms with Crippen LogP contribution in [0.2, 0.25) is 0 Å². The zero-order chi connectivity index (χ0) is 16.6. The van der Waals surface area contributed by atoms with Crippen LogP contribution in [0, 0.1) is 17.6 Å². The molecule has 1 aromatic carbocycles. The Morgan fingerprint density at radius 3 is 2.39 bits per heavy atom. The fourth-order valence-corrected chi connectivity index (χ4v) is 3.71. The number of hydrogen-bond acceptors (Lipinski definition) is 3. The highest BCUT2D eigenvalue weighted by molar-refractivity contribution is 5.79. The third-order valence-corrected chi connectivity index (χ3v) is 4.96. The molecule has 1 saturated heterocycles. The molecule has 6 heteroatoms. The van der Waals surface area contributed by atoms with Gasteiger partial charge in [0.15, 0.2) is 0 Å². The molecule has 126 valence electrons. The maximum absolute atomic E-state index is 14.4. The average Bonchev–Trinajstić information content (AvgIpc) is 2.95. The number of hydrogen-bond donors (Lipinski definition) is 2. The smallest absolute Gasteiger partial charge is 0.223 e. The van der Waals surface area contributed by atoms with Crippen molar-refractivity contribution in [1.29, 1.82) is 0 Å². The van der Waals surface area contributed by atoms with Crippen LogP contribution in [-0.2, 0) is 16.9 Å². The zero-order valence-corrected chi connectivity index (χ0v) is 13.2. The molecule has 0 aromatic heterocycles. The van der Waals surface area contributed by atoms with Gasteiger partial charge in [-0.05, 0) is 56.5 Å². The van der Waals surface area contributed by atoms with Gasteiger partial charge in [0.05, 0.1) is 11.2 Å². The predicted octanol–water partition coefficient (Wildman–Crippen LogP) is 1.90. The topological polar surface area (TPSA) is 52.6 Å². The average molecular weight is 324 g/mol. The van der Waals surface area contributed by atoms with Gasteiger partial charge < -0.3 is 10.4 Å². The van der Waals surface area contributed by atoms with Crippen LogP contribution in [-0.4, -0.2) is 36.1 Å². The second-order valence-corrected chi connectivity index (χ2v) is 6.67. The molecule has 0 radical (unpaired) electrons. The number of nitrogens with zero attached hydrogens (tertiary/aromatic N) is 1. The summed E-state index contributed by atoms with van der Waals surface area (Å²) in [6.45, 7) is 2.42. The summed E-state index contributed by atoms with van der Waals surface area (Å²) < 4.78 is 28.8. The van der Waals surface area contributed by atoms with Crippen LogP contribution in [0.25, 0.3) is 0 Å². The Balaban J connectivity index is 1.77. The van der Waals surface area contributed by atoms with E-state index in [-0.39, 0.29) is 24.3 Å². The van der Waals surface area contributed by atoms with Crippen molar-refractivity contribution < 1.29 is 18.7 Å². The van der Waals surface area contributed by atoms with E-state index in [2.05, 4.69) is 10.2 Å². The minimum atomic E-state index is -1.59. The third-order valence-electron chi connectivity index (χ3n) is 4.96. The lowest BCUT2D eigenvalue weighted by molar-refractivity contribution is -0.143. The van der Waals surface area contributed by atoms with E-state index in [0.29, 0.717) is 12.1 Å². The van der Waals surface area contributed by atoms with Crippen molar-refractivity contribution >= 4 is 5.91 Å². The Morgan fingerprint density at radius 1 is 1.30 bits per heavy atom. The molecular formula is C17H22F2N2O2. The van der Waals surface area contributed by atoms with Gasteiger partial charge in [-0.15, -0.1) is 0 Å². The largest absolute Gasteiger partial charge is 0.385 e. The van der Waals surface area contributed by atoms with Gasteiger partial charge in [0.1, 0.15) is 11.6 Å². The molecule has 2 N–H and O–H groups in total. The van der Waals surface area contributed by atoms with Crippen LogP contribution in [0.5, 0.6) is 0 Å². The number of nitrogens with one attached hydrogen (secondary N) is 1. The number of amides is 1. The van der Waals surface area contributed by atoms with E-state index >= 15 is 0 Å². The molecule has 1 heterocycles. The molecule has 0 spiro atoms. The molecule has 1 saturated carbocycles. The number of halogens is 2. The number of aliphatic hydroxyl groups is 1. The second kappa shape index (κ2) is 6.17. The zero-order valence-electron chi connectivity index (χ0n) is 13.2. The van der Waals surface area contributed by atoms with Gasteiger partial charge >= 0.3 is 0 Å². The highest BCUT2D eigenvalue weighted by Crippen LogP contribution is 2.47. The first-order valence-electron chi connectivity index (χ1n) is 8.07. The van der Waals surface area contributed by atoms with E-state index in [4.69, 9.17) is 0 Å². The van der Waals surface area contributed by atoms with Crippen LogP contribution in [0.4, 0.5) is 8.78 Å². The summed E-state index contributed by atoms with van der Waals surface area (Å²) in [4.78, 5) is 13.7. The molecule has 3 rings (SSSR count). The number of rotatable bonds is 4. The van der Waals surface area contributed by atoms with Gasteiger partial charge in [0, 0.05) is 19.5 Å². The SMILES string of the molecule is CNC(=O)C1CC(O)(c2c(F)cc(CN3CCCC3)cc2F)C1. The molecule has 0 bridgehead atoms. The lowest BCUT2D eigenvalue weighted by Crippen LogP contribution is -2.48. The molecule has 0 unspecified atom stereocenters. The molecule has 1 aliphatic carbocycles. The molecule has 1 aliphatic heterocycles. The number of carbonyl (C=O) groups is 1. The van der Waals surface area contributed by atoms with E-state index in [1.165, 1.54) is 19.2 Å². The van der Waals surface area contributed by atoms with Gasteiger partial charge in [0.25, 0.3) is 0 Å². The third kappa shape index (κ3) is 3.10. The number of likely N-dealkylation sites (tertiary alicyclic amines) is 1. The first-order valence-corrected chi connectivity index (χ1v) is 8.07. The Labute approximate surface area is 134 Å². The van der Waals surface area contributed by atoms with Gasteiger partial charge in [-0.2, -0.15) is 0 Å². The quantitative estimate of drug-likeness (QED) is 0.889. The Hall–Kier alpha value is -1.53. The highest BCUT2D eigenvalue weighted by Gasteiger charge is 2.49. The summed E-state index contributed by atoms with van der Waals surface area (Å²) in [5.41, 5.74) is -1.31. The molecule has 0 atom stereocenters. The van der Waals surface area contributed by atoms with Crippen LogP contribution in [0.1, 0.15) is 36.8 Å². The molecule has 2 aliphatic rings. The summed E-state index contributed by atoms with van der Waals surface area (Å²) in [5.74, 6) is -2.05. The highest BCUT2D eigenvalue weighted by atomic mass is 19.1. The van der Waals surface area contributed by atoms with Crippen molar-refractivity contribution in [1.82, 2.24) is 10.2 Å². The van der Waals surface area contributed by atoms with Crippen LogP contribution < -0.4 is 5.32 Å². The number of carbonyl (C=O) groups excluding carboxylic acids is 1.